The summed E-state index contributed by atoms with van der Waals surface area (Å²) in [5.74, 6) is 1.74. The number of benzene rings is 2. The van der Waals surface area contributed by atoms with E-state index in [2.05, 4.69) is 15.2 Å². The Balaban J connectivity index is 1.51. The molecule has 3 aromatic heterocycles. The minimum Gasteiger partial charge on any atom is -0.496 e. The number of rotatable bonds is 5. The van der Waals surface area contributed by atoms with Crippen LogP contribution in [0.15, 0.2) is 48.9 Å². The van der Waals surface area contributed by atoms with Gasteiger partial charge in [0, 0.05) is 18.2 Å². The van der Waals surface area contributed by atoms with Crippen LogP contribution in [-0.2, 0) is 13.7 Å². The summed E-state index contributed by atoms with van der Waals surface area (Å²) < 4.78 is 14.7. The minimum atomic E-state index is 0.235. The first kappa shape index (κ1) is 19.6. The number of aryl methyl sites for hydroxylation is 1. The third-order valence-corrected chi connectivity index (χ3v) is 5.71. The summed E-state index contributed by atoms with van der Waals surface area (Å²) in [4.78, 5) is 9.10. The Morgan fingerprint density at radius 3 is 2.77 bits per heavy atom. The molecule has 0 saturated heterocycles. The van der Waals surface area contributed by atoms with Gasteiger partial charge in [-0.25, -0.2) is 14.5 Å². The van der Waals surface area contributed by atoms with Gasteiger partial charge in [0.05, 0.1) is 23.7 Å². The maximum Gasteiger partial charge on any atom is 0.182 e. The van der Waals surface area contributed by atoms with E-state index in [4.69, 9.17) is 37.7 Å². The molecule has 0 bridgehead atoms. The average molecular weight is 455 g/mol. The summed E-state index contributed by atoms with van der Waals surface area (Å²) in [7, 11) is 3.45. The van der Waals surface area contributed by atoms with Crippen LogP contribution < -0.4 is 9.47 Å². The van der Waals surface area contributed by atoms with Crippen LogP contribution in [0.3, 0.4) is 0 Å². The smallest absolute Gasteiger partial charge is 0.182 e. The highest BCUT2D eigenvalue weighted by molar-refractivity contribution is 6.42. The van der Waals surface area contributed by atoms with Crippen molar-refractivity contribution in [3.8, 4) is 22.9 Å². The van der Waals surface area contributed by atoms with Gasteiger partial charge < -0.3 is 9.47 Å². The lowest BCUT2D eigenvalue weighted by molar-refractivity contribution is 0.297. The van der Waals surface area contributed by atoms with Crippen molar-refractivity contribution in [3.05, 3.63) is 64.5 Å². The standard InChI is InChI=1S/C21H16Cl2N6O2/c1-28-20-14(9-25-28)21-26-19(27-29(21)11-24-20)12-6-7-16(30-2)13(8-12)10-31-17-5-3-4-15(22)18(17)23/h3-9,11H,10H2,1-2H3. The quantitative estimate of drug-likeness (QED) is 0.386. The molecule has 0 atom stereocenters. The topological polar surface area (TPSA) is 79.4 Å². The van der Waals surface area contributed by atoms with Crippen molar-refractivity contribution >= 4 is 39.9 Å². The molecular weight excluding hydrogens is 439 g/mol. The lowest BCUT2D eigenvalue weighted by Crippen LogP contribution is -2.00. The molecule has 31 heavy (non-hydrogen) atoms. The van der Waals surface area contributed by atoms with Crippen molar-refractivity contribution in [1.82, 2.24) is 29.4 Å². The van der Waals surface area contributed by atoms with Gasteiger partial charge in [0.1, 0.15) is 29.5 Å². The first-order valence-electron chi connectivity index (χ1n) is 9.32. The molecule has 0 amide bonds. The molecule has 3 heterocycles. The van der Waals surface area contributed by atoms with Gasteiger partial charge in [0.15, 0.2) is 17.1 Å². The summed E-state index contributed by atoms with van der Waals surface area (Å²) in [6.45, 7) is 0.235. The van der Waals surface area contributed by atoms with Crippen LogP contribution in [0.5, 0.6) is 11.5 Å². The molecule has 10 heteroatoms. The van der Waals surface area contributed by atoms with Gasteiger partial charge >= 0.3 is 0 Å². The number of halogens is 2. The number of fused-ring (bicyclic) bond motifs is 3. The highest BCUT2D eigenvalue weighted by Crippen LogP contribution is 2.33. The number of methoxy groups -OCH3 is 1. The van der Waals surface area contributed by atoms with E-state index in [-0.39, 0.29) is 6.61 Å². The predicted octanol–water partition coefficient (Wildman–Crippen LogP) is 4.57. The van der Waals surface area contributed by atoms with Crippen molar-refractivity contribution < 1.29 is 9.47 Å². The Morgan fingerprint density at radius 1 is 1.06 bits per heavy atom. The van der Waals surface area contributed by atoms with Crippen LogP contribution >= 0.6 is 23.2 Å². The molecule has 0 radical (unpaired) electrons. The van der Waals surface area contributed by atoms with Gasteiger partial charge in [0.2, 0.25) is 0 Å². The van der Waals surface area contributed by atoms with Gasteiger partial charge in [-0.1, -0.05) is 29.3 Å². The lowest BCUT2D eigenvalue weighted by Gasteiger charge is -2.12. The zero-order valence-electron chi connectivity index (χ0n) is 16.6. The number of nitrogens with zero attached hydrogens (tertiary/aromatic N) is 6. The third kappa shape index (κ3) is 3.43. The monoisotopic (exact) mass is 454 g/mol. The van der Waals surface area contributed by atoms with E-state index < -0.39 is 0 Å². The molecule has 0 spiro atoms. The Labute approximate surface area is 187 Å². The third-order valence-electron chi connectivity index (χ3n) is 4.91. The average Bonchev–Trinajstić information content (AvgIpc) is 3.38. The van der Waals surface area contributed by atoms with Crippen molar-refractivity contribution in [2.24, 2.45) is 7.05 Å². The van der Waals surface area contributed by atoms with Crippen LogP contribution in [0.25, 0.3) is 28.1 Å². The molecule has 0 aliphatic carbocycles. The van der Waals surface area contributed by atoms with Gasteiger partial charge in [-0.05, 0) is 30.3 Å². The van der Waals surface area contributed by atoms with E-state index in [1.54, 1.807) is 47.0 Å². The first-order chi connectivity index (χ1) is 15.0. The van der Waals surface area contributed by atoms with Gasteiger partial charge in [-0.3, -0.25) is 4.68 Å². The molecule has 0 aliphatic rings. The fourth-order valence-corrected chi connectivity index (χ4v) is 3.69. The van der Waals surface area contributed by atoms with E-state index in [0.717, 1.165) is 22.2 Å². The maximum absolute atomic E-state index is 6.23. The second-order valence-electron chi connectivity index (χ2n) is 6.82. The minimum absolute atomic E-state index is 0.235. The van der Waals surface area contributed by atoms with Crippen LogP contribution in [-0.4, -0.2) is 36.5 Å². The van der Waals surface area contributed by atoms with E-state index in [0.29, 0.717) is 33.0 Å². The number of aromatic nitrogens is 6. The Bertz CT molecular complexity index is 1430. The van der Waals surface area contributed by atoms with Crippen molar-refractivity contribution in [1.29, 1.82) is 0 Å². The molecular formula is C21H16Cl2N6O2. The molecule has 0 N–H and O–H groups in total. The van der Waals surface area contributed by atoms with Crippen molar-refractivity contribution in [3.63, 3.8) is 0 Å². The fraction of sp³-hybridized carbons (Fsp3) is 0.143. The zero-order valence-corrected chi connectivity index (χ0v) is 18.1. The molecule has 0 unspecified atom stereocenters. The van der Waals surface area contributed by atoms with E-state index in [1.807, 2.05) is 25.2 Å². The Hall–Kier alpha value is -3.36. The summed E-state index contributed by atoms with van der Waals surface area (Å²) in [5, 5.41) is 10.5. The molecule has 5 aromatic rings. The molecule has 0 saturated carbocycles. The largest absolute Gasteiger partial charge is 0.496 e. The highest BCUT2D eigenvalue weighted by Gasteiger charge is 2.15. The highest BCUT2D eigenvalue weighted by atomic mass is 35.5. The first-order valence-corrected chi connectivity index (χ1v) is 10.1. The zero-order chi connectivity index (χ0) is 21.5. The maximum atomic E-state index is 6.23. The Kier molecular flexibility index (Phi) is 4.88. The predicted molar refractivity (Wildman–Crippen MR) is 118 cm³/mol. The molecule has 8 nitrogen and oxygen atoms in total. The van der Waals surface area contributed by atoms with Crippen LogP contribution in [0.1, 0.15) is 5.56 Å². The van der Waals surface area contributed by atoms with Crippen LogP contribution in [0, 0.1) is 0 Å². The molecule has 5 rings (SSSR count). The van der Waals surface area contributed by atoms with E-state index in [9.17, 15) is 0 Å². The van der Waals surface area contributed by atoms with Gasteiger partial charge in [-0.15, -0.1) is 5.10 Å². The summed E-state index contributed by atoms with van der Waals surface area (Å²) in [6, 6.07) is 10.9. The normalized spacial score (nSPS) is 11.4. The molecule has 0 aliphatic heterocycles. The van der Waals surface area contributed by atoms with E-state index in [1.165, 1.54) is 0 Å². The van der Waals surface area contributed by atoms with Gasteiger partial charge in [-0.2, -0.15) is 5.10 Å². The number of hydrogen-bond acceptors (Lipinski definition) is 6. The summed E-state index contributed by atoms with van der Waals surface area (Å²) >= 11 is 12.3. The SMILES string of the molecule is COc1ccc(-c2nc3c4cnn(C)c4ncn3n2)cc1COc1cccc(Cl)c1Cl. The second-order valence-corrected chi connectivity index (χ2v) is 7.61. The molecule has 2 aromatic carbocycles. The fourth-order valence-electron chi connectivity index (χ4n) is 3.34. The summed E-state index contributed by atoms with van der Waals surface area (Å²) in [6.07, 6.45) is 3.36. The molecule has 0 fully saturated rings. The van der Waals surface area contributed by atoms with Crippen LogP contribution in [0.4, 0.5) is 0 Å². The summed E-state index contributed by atoms with van der Waals surface area (Å²) in [5.41, 5.74) is 3.07. The molecule has 156 valence electrons. The van der Waals surface area contributed by atoms with Crippen molar-refractivity contribution in [2.45, 2.75) is 6.61 Å². The second kappa shape index (κ2) is 7.72. The Morgan fingerprint density at radius 2 is 1.94 bits per heavy atom. The van der Waals surface area contributed by atoms with Crippen molar-refractivity contribution in [2.75, 3.05) is 7.11 Å². The number of hydrogen-bond donors (Lipinski definition) is 0. The lowest BCUT2D eigenvalue weighted by atomic mass is 10.1. The van der Waals surface area contributed by atoms with E-state index >= 15 is 0 Å². The number of ether oxygens (including phenoxy) is 2. The van der Waals surface area contributed by atoms with Crippen LogP contribution in [0.2, 0.25) is 10.0 Å². The van der Waals surface area contributed by atoms with Gasteiger partial charge in [0.25, 0.3) is 0 Å².